The van der Waals surface area contributed by atoms with Crippen molar-refractivity contribution >= 4 is 0 Å². The highest BCUT2D eigenvalue weighted by molar-refractivity contribution is 5.36. The van der Waals surface area contributed by atoms with Crippen LogP contribution in [0, 0.1) is 0 Å². The van der Waals surface area contributed by atoms with E-state index in [-0.39, 0.29) is 6.04 Å². The lowest BCUT2D eigenvalue weighted by Crippen LogP contribution is -2.22. The van der Waals surface area contributed by atoms with Gasteiger partial charge in [0.1, 0.15) is 0 Å². The van der Waals surface area contributed by atoms with E-state index in [1.807, 2.05) is 17.9 Å². The highest BCUT2D eigenvalue weighted by Gasteiger charge is 2.16. The Morgan fingerprint density at radius 2 is 2.06 bits per heavy atom. The number of aryl methyl sites for hydroxylation is 2. The van der Waals surface area contributed by atoms with Crippen LogP contribution in [0.1, 0.15) is 36.6 Å². The molecule has 96 valence electrons. The Morgan fingerprint density at radius 1 is 1.28 bits per heavy atom. The average molecular weight is 243 g/mol. The van der Waals surface area contributed by atoms with Crippen LogP contribution in [-0.2, 0) is 13.5 Å². The summed E-state index contributed by atoms with van der Waals surface area (Å²) in [6.07, 6.45) is 5.08. The minimum atomic E-state index is 0.236. The van der Waals surface area contributed by atoms with Gasteiger partial charge in [-0.05, 0) is 24.1 Å². The SMILES string of the molecule is CCNC(c1cnn(C)c1)c1ccccc1CC. The van der Waals surface area contributed by atoms with Crippen LogP contribution in [0.2, 0.25) is 0 Å². The highest BCUT2D eigenvalue weighted by Crippen LogP contribution is 2.25. The summed E-state index contributed by atoms with van der Waals surface area (Å²) in [5.74, 6) is 0. The largest absolute Gasteiger partial charge is 0.306 e. The summed E-state index contributed by atoms with van der Waals surface area (Å²) in [6.45, 7) is 5.28. The molecule has 3 heteroatoms. The predicted octanol–water partition coefficient (Wildman–Crippen LogP) is 2.68. The van der Waals surface area contributed by atoms with Crippen LogP contribution >= 0.6 is 0 Å². The van der Waals surface area contributed by atoms with E-state index in [0.717, 1.165) is 13.0 Å². The third-order valence-electron chi connectivity index (χ3n) is 3.21. The Morgan fingerprint density at radius 3 is 2.67 bits per heavy atom. The summed E-state index contributed by atoms with van der Waals surface area (Å²) >= 11 is 0. The Hall–Kier alpha value is -1.61. The van der Waals surface area contributed by atoms with Gasteiger partial charge in [-0.25, -0.2) is 0 Å². The quantitative estimate of drug-likeness (QED) is 0.875. The molecule has 0 fully saturated rings. The molecular formula is C15H21N3. The second-order valence-electron chi connectivity index (χ2n) is 4.49. The van der Waals surface area contributed by atoms with Crippen LogP contribution < -0.4 is 5.32 Å². The van der Waals surface area contributed by atoms with Crippen molar-refractivity contribution in [3.8, 4) is 0 Å². The standard InChI is InChI=1S/C15H21N3/c1-4-12-8-6-7-9-14(12)15(16-5-2)13-10-17-18(3)11-13/h6-11,15-16H,4-5H2,1-3H3. The van der Waals surface area contributed by atoms with Gasteiger partial charge in [0.05, 0.1) is 12.2 Å². The van der Waals surface area contributed by atoms with Crippen molar-refractivity contribution in [1.82, 2.24) is 15.1 Å². The van der Waals surface area contributed by atoms with Crippen molar-refractivity contribution in [2.75, 3.05) is 6.54 Å². The first kappa shape index (κ1) is 12.8. The van der Waals surface area contributed by atoms with Crippen LogP contribution in [0.15, 0.2) is 36.7 Å². The maximum absolute atomic E-state index is 4.28. The van der Waals surface area contributed by atoms with Gasteiger partial charge in [-0.15, -0.1) is 0 Å². The lowest BCUT2D eigenvalue weighted by atomic mass is 9.95. The van der Waals surface area contributed by atoms with Crippen LogP contribution in [0.5, 0.6) is 0 Å². The number of hydrogen-bond acceptors (Lipinski definition) is 2. The smallest absolute Gasteiger partial charge is 0.0610 e. The van der Waals surface area contributed by atoms with E-state index >= 15 is 0 Å². The Balaban J connectivity index is 2.41. The summed E-state index contributed by atoms with van der Waals surface area (Å²) in [7, 11) is 1.96. The molecule has 1 aromatic carbocycles. The molecule has 0 radical (unpaired) electrons. The minimum absolute atomic E-state index is 0.236. The number of benzene rings is 1. The molecule has 1 heterocycles. The molecule has 0 spiro atoms. The topological polar surface area (TPSA) is 29.9 Å². The molecule has 0 bridgehead atoms. The lowest BCUT2D eigenvalue weighted by molar-refractivity contribution is 0.624. The van der Waals surface area contributed by atoms with Gasteiger partial charge < -0.3 is 5.32 Å². The van der Waals surface area contributed by atoms with Crippen LogP contribution in [0.25, 0.3) is 0 Å². The zero-order valence-corrected chi connectivity index (χ0v) is 11.4. The Labute approximate surface area is 109 Å². The molecule has 0 saturated heterocycles. The fourth-order valence-corrected chi connectivity index (χ4v) is 2.34. The number of nitrogens with one attached hydrogen (secondary N) is 1. The van der Waals surface area contributed by atoms with Gasteiger partial charge in [-0.1, -0.05) is 38.1 Å². The Kier molecular flexibility index (Phi) is 4.15. The van der Waals surface area contributed by atoms with Gasteiger partial charge in [-0.2, -0.15) is 5.10 Å². The first-order chi connectivity index (χ1) is 8.76. The maximum atomic E-state index is 4.28. The normalized spacial score (nSPS) is 12.6. The van der Waals surface area contributed by atoms with E-state index in [2.05, 4.69) is 54.7 Å². The summed E-state index contributed by atoms with van der Waals surface area (Å²) in [5.41, 5.74) is 3.97. The summed E-state index contributed by atoms with van der Waals surface area (Å²) < 4.78 is 1.86. The molecule has 0 aliphatic rings. The average Bonchev–Trinajstić information content (AvgIpc) is 2.82. The second kappa shape index (κ2) is 5.83. The van der Waals surface area contributed by atoms with Crippen LogP contribution in [-0.4, -0.2) is 16.3 Å². The van der Waals surface area contributed by atoms with Crippen molar-refractivity contribution < 1.29 is 0 Å². The fraction of sp³-hybridized carbons (Fsp3) is 0.400. The van der Waals surface area contributed by atoms with Crippen molar-refractivity contribution in [2.24, 2.45) is 7.05 Å². The monoisotopic (exact) mass is 243 g/mol. The molecule has 0 saturated carbocycles. The van der Waals surface area contributed by atoms with E-state index in [1.54, 1.807) is 0 Å². The van der Waals surface area contributed by atoms with E-state index in [9.17, 15) is 0 Å². The number of rotatable bonds is 5. The molecule has 2 rings (SSSR count). The third-order valence-corrected chi connectivity index (χ3v) is 3.21. The number of hydrogen-bond donors (Lipinski definition) is 1. The van der Waals surface area contributed by atoms with Crippen LogP contribution in [0.3, 0.4) is 0 Å². The highest BCUT2D eigenvalue weighted by atomic mass is 15.2. The molecule has 0 aliphatic carbocycles. The number of aromatic nitrogens is 2. The zero-order valence-electron chi connectivity index (χ0n) is 11.4. The molecule has 1 aromatic heterocycles. The molecular weight excluding hydrogens is 222 g/mol. The Bertz CT molecular complexity index is 502. The van der Waals surface area contributed by atoms with E-state index in [0.29, 0.717) is 0 Å². The minimum Gasteiger partial charge on any atom is -0.306 e. The van der Waals surface area contributed by atoms with Gasteiger partial charge in [-0.3, -0.25) is 4.68 Å². The van der Waals surface area contributed by atoms with E-state index in [1.165, 1.54) is 16.7 Å². The van der Waals surface area contributed by atoms with Crippen molar-refractivity contribution in [3.05, 3.63) is 53.3 Å². The van der Waals surface area contributed by atoms with Crippen molar-refractivity contribution in [2.45, 2.75) is 26.3 Å². The van der Waals surface area contributed by atoms with Gasteiger partial charge in [0.25, 0.3) is 0 Å². The fourth-order valence-electron chi connectivity index (χ4n) is 2.34. The molecule has 1 unspecified atom stereocenters. The summed E-state index contributed by atoms with van der Waals surface area (Å²) in [6, 6.07) is 8.86. The van der Waals surface area contributed by atoms with Gasteiger partial charge in [0.15, 0.2) is 0 Å². The predicted molar refractivity (Wildman–Crippen MR) is 74.5 cm³/mol. The molecule has 3 nitrogen and oxygen atoms in total. The summed E-state index contributed by atoms with van der Waals surface area (Å²) in [5, 5.41) is 7.83. The lowest BCUT2D eigenvalue weighted by Gasteiger charge is -2.20. The van der Waals surface area contributed by atoms with E-state index in [4.69, 9.17) is 0 Å². The van der Waals surface area contributed by atoms with E-state index < -0.39 is 0 Å². The molecule has 1 N–H and O–H groups in total. The maximum Gasteiger partial charge on any atom is 0.0610 e. The molecule has 2 aromatic rings. The second-order valence-corrected chi connectivity index (χ2v) is 4.49. The first-order valence-electron chi connectivity index (χ1n) is 6.56. The van der Waals surface area contributed by atoms with Crippen molar-refractivity contribution in [3.63, 3.8) is 0 Å². The van der Waals surface area contributed by atoms with Gasteiger partial charge in [0.2, 0.25) is 0 Å². The van der Waals surface area contributed by atoms with Crippen LogP contribution in [0.4, 0.5) is 0 Å². The zero-order chi connectivity index (χ0) is 13.0. The van der Waals surface area contributed by atoms with Gasteiger partial charge >= 0.3 is 0 Å². The third kappa shape index (κ3) is 2.62. The summed E-state index contributed by atoms with van der Waals surface area (Å²) in [4.78, 5) is 0. The van der Waals surface area contributed by atoms with Crippen molar-refractivity contribution in [1.29, 1.82) is 0 Å². The number of nitrogens with zero attached hydrogens (tertiary/aromatic N) is 2. The molecule has 1 atom stereocenters. The molecule has 0 amide bonds. The van der Waals surface area contributed by atoms with Gasteiger partial charge in [0, 0.05) is 18.8 Å². The molecule has 18 heavy (non-hydrogen) atoms. The first-order valence-corrected chi connectivity index (χ1v) is 6.56. The molecule has 0 aliphatic heterocycles.